The van der Waals surface area contributed by atoms with Crippen molar-refractivity contribution < 1.29 is 24.2 Å². The Morgan fingerprint density at radius 3 is 2.71 bits per heavy atom. The Morgan fingerprint density at radius 2 is 2.00 bits per heavy atom. The van der Waals surface area contributed by atoms with Crippen LogP contribution in [0.25, 0.3) is 0 Å². The lowest BCUT2D eigenvalue weighted by atomic mass is 9.96. The zero-order chi connectivity index (χ0) is 22.7. The van der Waals surface area contributed by atoms with E-state index in [1.165, 1.54) is 0 Å². The van der Waals surface area contributed by atoms with Crippen molar-refractivity contribution in [1.29, 1.82) is 0 Å². The van der Waals surface area contributed by atoms with E-state index in [-0.39, 0.29) is 37.4 Å². The second-order valence-electron chi connectivity index (χ2n) is 8.67. The molecule has 0 saturated carbocycles. The minimum Gasteiger partial charge on any atom is -0.463 e. The van der Waals surface area contributed by atoms with Gasteiger partial charge in [-0.3, -0.25) is 14.4 Å². The summed E-state index contributed by atoms with van der Waals surface area (Å²) in [4.78, 5) is 37.3. The van der Waals surface area contributed by atoms with Gasteiger partial charge in [-0.15, -0.1) is 0 Å². The summed E-state index contributed by atoms with van der Waals surface area (Å²) in [6.45, 7) is 3.46. The largest absolute Gasteiger partial charge is 0.463 e. The number of cyclic esters (lactones) is 1. The molecular weight excluding hydrogens is 396 g/mol. The third-order valence-electron chi connectivity index (χ3n) is 5.11. The van der Waals surface area contributed by atoms with Crippen molar-refractivity contribution in [2.75, 3.05) is 13.2 Å². The van der Waals surface area contributed by atoms with Gasteiger partial charge in [-0.2, -0.15) is 0 Å². The van der Waals surface area contributed by atoms with Crippen molar-refractivity contribution >= 4 is 17.8 Å². The summed E-state index contributed by atoms with van der Waals surface area (Å²) in [5.74, 6) is -1.37. The highest BCUT2D eigenvalue weighted by Gasteiger charge is 2.29. The quantitative estimate of drug-likeness (QED) is 0.474. The zero-order valence-electron chi connectivity index (χ0n) is 18.4. The van der Waals surface area contributed by atoms with E-state index in [0.717, 1.165) is 5.56 Å². The molecule has 2 atom stereocenters. The van der Waals surface area contributed by atoms with Crippen LogP contribution in [0.5, 0.6) is 0 Å². The van der Waals surface area contributed by atoms with E-state index in [4.69, 9.17) is 4.74 Å². The molecule has 2 amide bonds. The van der Waals surface area contributed by atoms with Gasteiger partial charge >= 0.3 is 5.97 Å². The highest BCUT2D eigenvalue weighted by molar-refractivity contribution is 5.86. The number of carbonyl (C=O) groups excluding carboxylic acids is 3. The van der Waals surface area contributed by atoms with E-state index in [2.05, 4.69) is 10.6 Å². The molecule has 0 spiro atoms. The number of benzene rings is 1. The Balaban J connectivity index is 2.01. The number of allylic oxidation sites excluding steroid dienone is 2. The third-order valence-corrected chi connectivity index (χ3v) is 5.11. The maximum absolute atomic E-state index is 12.9. The van der Waals surface area contributed by atoms with Crippen LogP contribution >= 0.6 is 0 Å². The number of nitrogens with one attached hydrogen (secondary N) is 2. The standard InChI is InChI=1S/C24H34N2O5/c1-24(2)17-31-22(29)13-9-4-3-8-12-19(23(30)26-24)15-21(28)25-20(16-27)14-18-10-6-5-7-11-18/h3,5-8,10-11,19-20,27H,4,9,12-17H2,1-2H3,(H,25,28)(H,26,30)/t19-,20+/m1/s1. The Hall–Kier alpha value is -2.67. The fourth-order valence-corrected chi connectivity index (χ4v) is 3.40. The molecule has 7 heteroatoms. The first-order valence-electron chi connectivity index (χ1n) is 10.9. The van der Waals surface area contributed by atoms with Gasteiger partial charge < -0.3 is 20.5 Å². The summed E-state index contributed by atoms with van der Waals surface area (Å²) in [7, 11) is 0. The molecule has 3 N–H and O–H groups in total. The summed E-state index contributed by atoms with van der Waals surface area (Å²) in [5.41, 5.74) is 0.279. The highest BCUT2D eigenvalue weighted by atomic mass is 16.5. The van der Waals surface area contributed by atoms with Crippen LogP contribution in [0.15, 0.2) is 42.5 Å². The maximum Gasteiger partial charge on any atom is 0.305 e. The Morgan fingerprint density at radius 1 is 1.26 bits per heavy atom. The Bertz CT molecular complexity index is 760. The fraction of sp³-hybridized carbons (Fsp3) is 0.542. The van der Waals surface area contributed by atoms with E-state index >= 15 is 0 Å². The number of carbonyl (C=O) groups is 3. The lowest BCUT2D eigenvalue weighted by Gasteiger charge is -2.28. The van der Waals surface area contributed by atoms with Gasteiger partial charge in [0.1, 0.15) is 6.61 Å². The minimum absolute atomic E-state index is 0.0112. The van der Waals surface area contributed by atoms with Crippen LogP contribution in [0.3, 0.4) is 0 Å². The topological polar surface area (TPSA) is 105 Å². The number of esters is 1. The molecule has 0 aromatic heterocycles. The van der Waals surface area contributed by atoms with E-state index < -0.39 is 17.5 Å². The van der Waals surface area contributed by atoms with Crippen LogP contribution in [0.4, 0.5) is 0 Å². The number of aliphatic hydroxyl groups is 1. The molecule has 1 heterocycles. The van der Waals surface area contributed by atoms with Crippen molar-refractivity contribution in [3.05, 3.63) is 48.0 Å². The number of aliphatic hydroxyl groups excluding tert-OH is 1. The van der Waals surface area contributed by atoms with E-state index in [9.17, 15) is 19.5 Å². The Kier molecular flexibility index (Phi) is 9.72. The second kappa shape index (κ2) is 12.2. The molecule has 0 fully saturated rings. The number of amides is 2. The van der Waals surface area contributed by atoms with Crippen molar-refractivity contribution in [3.63, 3.8) is 0 Å². The summed E-state index contributed by atoms with van der Waals surface area (Å²) < 4.78 is 5.27. The first-order valence-corrected chi connectivity index (χ1v) is 10.9. The van der Waals surface area contributed by atoms with Crippen molar-refractivity contribution in [3.8, 4) is 0 Å². The van der Waals surface area contributed by atoms with Gasteiger partial charge in [-0.05, 0) is 45.1 Å². The van der Waals surface area contributed by atoms with E-state index in [1.807, 2.05) is 42.5 Å². The molecule has 0 saturated heterocycles. The predicted molar refractivity (Wildman–Crippen MR) is 118 cm³/mol. The average molecular weight is 431 g/mol. The summed E-state index contributed by atoms with van der Waals surface area (Å²) in [5, 5.41) is 15.4. The number of ether oxygens (including phenoxy) is 1. The van der Waals surface area contributed by atoms with Crippen LogP contribution in [-0.2, 0) is 25.5 Å². The first-order chi connectivity index (χ1) is 14.8. The van der Waals surface area contributed by atoms with Gasteiger partial charge in [0, 0.05) is 12.8 Å². The molecule has 0 bridgehead atoms. The minimum atomic E-state index is -0.736. The molecule has 0 radical (unpaired) electrons. The van der Waals surface area contributed by atoms with Crippen LogP contribution in [-0.4, -0.2) is 47.7 Å². The molecule has 1 aliphatic rings. The van der Waals surface area contributed by atoms with Gasteiger partial charge in [0.05, 0.1) is 24.1 Å². The predicted octanol–water partition coefficient (Wildman–Crippen LogP) is 2.28. The van der Waals surface area contributed by atoms with Gasteiger partial charge in [-0.25, -0.2) is 0 Å². The van der Waals surface area contributed by atoms with Crippen molar-refractivity contribution in [2.45, 2.75) is 64.0 Å². The smallest absolute Gasteiger partial charge is 0.305 e. The molecular formula is C24H34N2O5. The SMILES string of the molecule is CC1(C)COC(=O)CCCC=CC[C@H](CC(=O)N[C@H](CO)Cc2ccccc2)C(=O)N1. The Labute approximate surface area is 184 Å². The lowest BCUT2D eigenvalue weighted by molar-refractivity contribution is -0.146. The lowest BCUT2D eigenvalue weighted by Crippen LogP contribution is -2.50. The van der Waals surface area contributed by atoms with Crippen molar-refractivity contribution in [2.24, 2.45) is 5.92 Å². The molecule has 1 aliphatic heterocycles. The van der Waals surface area contributed by atoms with Gasteiger partial charge in [0.15, 0.2) is 0 Å². The normalized spacial score (nSPS) is 20.9. The molecule has 1 aromatic carbocycles. The number of hydrogen-bond donors (Lipinski definition) is 3. The molecule has 7 nitrogen and oxygen atoms in total. The van der Waals surface area contributed by atoms with Gasteiger partial charge in [0.2, 0.25) is 11.8 Å². The monoisotopic (exact) mass is 430 g/mol. The molecule has 0 unspecified atom stereocenters. The van der Waals surface area contributed by atoms with Gasteiger partial charge in [-0.1, -0.05) is 42.5 Å². The third kappa shape index (κ3) is 9.34. The first kappa shape index (κ1) is 24.6. The maximum atomic E-state index is 12.9. The molecule has 31 heavy (non-hydrogen) atoms. The van der Waals surface area contributed by atoms with Crippen LogP contribution < -0.4 is 10.6 Å². The van der Waals surface area contributed by atoms with Crippen LogP contribution in [0, 0.1) is 5.92 Å². The zero-order valence-corrected chi connectivity index (χ0v) is 18.4. The van der Waals surface area contributed by atoms with Crippen LogP contribution in [0.1, 0.15) is 51.5 Å². The number of hydrogen-bond acceptors (Lipinski definition) is 5. The summed E-state index contributed by atoms with van der Waals surface area (Å²) >= 11 is 0. The van der Waals surface area contributed by atoms with Gasteiger partial charge in [0.25, 0.3) is 0 Å². The fourth-order valence-electron chi connectivity index (χ4n) is 3.40. The molecule has 170 valence electrons. The van der Waals surface area contributed by atoms with E-state index in [1.54, 1.807) is 13.8 Å². The summed E-state index contributed by atoms with van der Waals surface area (Å²) in [6, 6.07) is 9.20. The molecule has 1 aromatic rings. The molecule has 2 rings (SSSR count). The van der Waals surface area contributed by atoms with Crippen LogP contribution in [0.2, 0.25) is 0 Å². The average Bonchev–Trinajstić information content (AvgIpc) is 2.74. The van der Waals surface area contributed by atoms with E-state index in [0.29, 0.717) is 32.1 Å². The molecule has 0 aliphatic carbocycles. The van der Waals surface area contributed by atoms with Crippen molar-refractivity contribution in [1.82, 2.24) is 10.6 Å². The second-order valence-corrected chi connectivity index (χ2v) is 8.67. The number of rotatable bonds is 6. The highest BCUT2D eigenvalue weighted by Crippen LogP contribution is 2.16. The summed E-state index contributed by atoms with van der Waals surface area (Å²) in [6.07, 6.45) is 6.50.